The van der Waals surface area contributed by atoms with Crippen LogP contribution in [0.2, 0.25) is 0 Å². The van der Waals surface area contributed by atoms with Crippen LogP contribution in [0.15, 0.2) is 24.3 Å². The molecule has 1 aromatic rings. The summed E-state index contributed by atoms with van der Waals surface area (Å²) in [7, 11) is 0. The van der Waals surface area contributed by atoms with Crippen LogP contribution >= 0.6 is 0 Å². The van der Waals surface area contributed by atoms with Gasteiger partial charge < -0.3 is 5.32 Å². The fraction of sp³-hybridized carbons (Fsp3) is 0.571. The molecule has 0 radical (unpaired) electrons. The highest BCUT2D eigenvalue weighted by Crippen LogP contribution is 2.45. The van der Waals surface area contributed by atoms with E-state index in [0.29, 0.717) is 11.5 Å². The van der Waals surface area contributed by atoms with E-state index in [1.165, 1.54) is 24.0 Å². The summed E-state index contributed by atoms with van der Waals surface area (Å²) in [4.78, 5) is 0. The van der Waals surface area contributed by atoms with Gasteiger partial charge in [-0.2, -0.15) is 0 Å². The third kappa shape index (κ3) is 2.07. The molecule has 1 N–H and O–H groups in total. The Kier molecular flexibility index (Phi) is 2.83. The maximum absolute atomic E-state index is 3.60. The average Bonchev–Trinajstić information content (AvgIpc) is 3.00. The molecule has 1 fully saturated rings. The SMILES string of the molecule is CCNC1(c2ccc(C(C)C)cc2)CC1. The zero-order chi connectivity index (χ0) is 10.9. The second kappa shape index (κ2) is 3.97. The van der Waals surface area contributed by atoms with Gasteiger partial charge in [0, 0.05) is 5.54 Å². The van der Waals surface area contributed by atoms with Gasteiger partial charge in [-0.3, -0.25) is 0 Å². The monoisotopic (exact) mass is 203 g/mol. The molecule has 1 saturated carbocycles. The fourth-order valence-corrected chi connectivity index (χ4v) is 2.22. The van der Waals surface area contributed by atoms with Crippen LogP contribution in [0.25, 0.3) is 0 Å². The van der Waals surface area contributed by atoms with Gasteiger partial charge in [-0.05, 0) is 36.4 Å². The second-order valence-electron chi connectivity index (χ2n) is 4.89. The lowest BCUT2D eigenvalue weighted by Gasteiger charge is -2.17. The van der Waals surface area contributed by atoms with Crippen molar-refractivity contribution in [3.8, 4) is 0 Å². The summed E-state index contributed by atoms with van der Waals surface area (Å²) in [5.41, 5.74) is 3.23. The molecule has 1 aliphatic rings. The molecule has 0 unspecified atom stereocenters. The Balaban J connectivity index is 2.17. The molecule has 0 aromatic heterocycles. The summed E-state index contributed by atoms with van der Waals surface area (Å²) in [5, 5.41) is 3.60. The van der Waals surface area contributed by atoms with Crippen molar-refractivity contribution in [3.05, 3.63) is 35.4 Å². The predicted octanol–water partition coefficient (Wildman–Crippen LogP) is 3.41. The van der Waals surface area contributed by atoms with Crippen LogP contribution in [0.3, 0.4) is 0 Å². The molecule has 15 heavy (non-hydrogen) atoms. The zero-order valence-electron chi connectivity index (χ0n) is 10.0. The molecule has 0 spiro atoms. The Morgan fingerprint density at radius 1 is 1.20 bits per heavy atom. The van der Waals surface area contributed by atoms with Gasteiger partial charge in [-0.15, -0.1) is 0 Å². The topological polar surface area (TPSA) is 12.0 Å². The summed E-state index contributed by atoms with van der Waals surface area (Å²) in [6.07, 6.45) is 2.59. The van der Waals surface area contributed by atoms with Gasteiger partial charge in [0.05, 0.1) is 0 Å². The molecule has 1 nitrogen and oxygen atoms in total. The standard InChI is InChI=1S/C14H21N/c1-4-15-14(9-10-14)13-7-5-12(6-8-13)11(2)3/h5-8,11,15H,4,9-10H2,1-3H3. The predicted molar refractivity (Wildman–Crippen MR) is 65.1 cm³/mol. The number of nitrogens with one attached hydrogen (secondary N) is 1. The molecule has 1 aliphatic carbocycles. The number of hydrogen-bond acceptors (Lipinski definition) is 1. The van der Waals surface area contributed by atoms with Crippen LogP contribution in [-0.2, 0) is 5.54 Å². The number of hydrogen-bond donors (Lipinski definition) is 1. The van der Waals surface area contributed by atoms with Crippen molar-refractivity contribution in [2.45, 2.75) is 45.1 Å². The van der Waals surface area contributed by atoms with Gasteiger partial charge in [0.2, 0.25) is 0 Å². The minimum Gasteiger partial charge on any atom is -0.308 e. The zero-order valence-corrected chi connectivity index (χ0v) is 10.0. The molecule has 1 aromatic carbocycles. The third-order valence-corrected chi connectivity index (χ3v) is 3.40. The molecule has 0 aliphatic heterocycles. The van der Waals surface area contributed by atoms with Crippen molar-refractivity contribution in [2.75, 3.05) is 6.54 Å². The lowest BCUT2D eigenvalue weighted by atomic mass is 9.98. The van der Waals surface area contributed by atoms with Crippen molar-refractivity contribution in [3.63, 3.8) is 0 Å². The quantitative estimate of drug-likeness (QED) is 0.790. The molecule has 0 saturated heterocycles. The first-order valence-electron chi connectivity index (χ1n) is 6.03. The molecule has 0 amide bonds. The number of benzene rings is 1. The molecule has 0 bridgehead atoms. The van der Waals surface area contributed by atoms with Crippen LogP contribution < -0.4 is 5.32 Å². The van der Waals surface area contributed by atoms with Gasteiger partial charge in [-0.1, -0.05) is 45.0 Å². The maximum atomic E-state index is 3.60. The van der Waals surface area contributed by atoms with Crippen molar-refractivity contribution >= 4 is 0 Å². The Labute approximate surface area is 92.9 Å². The van der Waals surface area contributed by atoms with E-state index in [-0.39, 0.29) is 0 Å². The highest BCUT2D eigenvalue weighted by Gasteiger charge is 2.43. The highest BCUT2D eigenvalue weighted by atomic mass is 15.0. The maximum Gasteiger partial charge on any atom is 0.0436 e. The first-order chi connectivity index (χ1) is 7.18. The molecule has 1 heteroatoms. The highest BCUT2D eigenvalue weighted by molar-refractivity contribution is 5.33. The van der Waals surface area contributed by atoms with Crippen LogP contribution in [0, 0.1) is 0 Å². The van der Waals surface area contributed by atoms with E-state index in [1.807, 2.05) is 0 Å². The smallest absolute Gasteiger partial charge is 0.0436 e. The van der Waals surface area contributed by atoms with Crippen molar-refractivity contribution in [1.82, 2.24) is 5.32 Å². The average molecular weight is 203 g/mol. The van der Waals surface area contributed by atoms with Crippen LogP contribution in [-0.4, -0.2) is 6.54 Å². The van der Waals surface area contributed by atoms with Gasteiger partial charge in [-0.25, -0.2) is 0 Å². The molecule has 0 heterocycles. The Hall–Kier alpha value is -0.820. The minimum absolute atomic E-state index is 0.324. The van der Waals surface area contributed by atoms with Crippen molar-refractivity contribution < 1.29 is 0 Å². The van der Waals surface area contributed by atoms with Gasteiger partial charge in [0.1, 0.15) is 0 Å². The minimum atomic E-state index is 0.324. The largest absolute Gasteiger partial charge is 0.308 e. The van der Waals surface area contributed by atoms with E-state index in [4.69, 9.17) is 0 Å². The van der Waals surface area contributed by atoms with E-state index in [0.717, 1.165) is 6.54 Å². The lowest BCUT2D eigenvalue weighted by Crippen LogP contribution is -2.28. The Morgan fingerprint density at radius 3 is 2.20 bits per heavy atom. The Morgan fingerprint density at radius 2 is 1.80 bits per heavy atom. The van der Waals surface area contributed by atoms with Crippen molar-refractivity contribution in [2.24, 2.45) is 0 Å². The van der Waals surface area contributed by atoms with E-state index >= 15 is 0 Å². The molecular weight excluding hydrogens is 182 g/mol. The normalized spacial score (nSPS) is 18.1. The molecule has 0 atom stereocenters. The van der Waals surface area contributed by atoms with Crippen LogP contribution in [0.5, 0.6) is 0 Å². The molecule has 2 rings (SSSR count). The third-order valence-electron chi connectivity index (χ3n) is 3.40. The van der Waals surface area contributed by atoms with Crippen molar-refractivity contribution in [1.29, 1.82) is 0 Å². The Bertz CT molecular complexity index is 320. The molecular formula is C14H21N. The van der Waals surface area contributed by atoms with Gasteiger partial charge >= 0.3 is 0 Å². The second-order valence-corrected chi connectivity index (χ2v) is 4.89. The first kappa shape index (κ1) is 10.7. The van der Waals surface area contributed by atoms with Gasteiger partial charge in [0.25, 0.3) is 0 Å². The molecule has 82 valence electrons. The summed E-state index contributed by atoms with van der Waals surface area (Å²) in [5.74, 6) is 0.633. The number of rotatable bonds is 4. The summed E-state index contributed by atoms with van der Waals surface area (Å²) >= 11 is 0. The van der Waals surface area contributed by atoms with Gasteiger partial charge in [0.15, 0.2) is 0 Å². The van der Waals surface area contributed by atoms with E-state index < -0.39 is 0 Å². The first-order valence-corrected chi connectivity index (χ1v) is 6.03. The van der Waals surface area contributed by atoms with E-state index in [1.54, 1.807) is 0 Å². The van der Waals surface area contributed by atoms with E-state index in [9.17, 15) is 0 Å². The summed E-state index contributed by atoms with van der Waals surface area (Å²) < 4.78 is 0. The van der Waals surface area contributed by atoms with Crippen LogP contribution in [0.4, 0.5) is 0 Å². The lowest BCUT2D eigenvalue weighted by molar-refractivity contribution is 0.539. The fourth-order valence-electron chi connectivity index (χ4n) is 2.22. The van der Waals surface area contributed by atoms with E-state index in [2.05, 4.69) is 50.4 Å². The summed E-state index contributed by atoms with van der Waals surface area (Å²) in [6.45, 7) is 7.73. The van der Waals surface area contributed by atoms with Crippen LogP contribution in [0.1, 0.15) is 50.7 Å². The summed E-state index contributed by atoms with van der Waals surface area (Å²) in [6, 6.07) is 9.14.